The second kappa shape index (κ2) is 5.19. The number of benzene rings is 1. The predicted molar refractivity (Wildman–Crippen MR) is 49.3 cm³/mol. The summed E-state index contributed by atoms with van der Waals surface area (Å²) in [4.78, 5) is 10.8. The van der Waals surface area contributed by atoms with Crippen molar-refractivity contribution >= 4 is 6.09 Å². The summed E-state index contributed by atoms with van der Waals surface area (Å²) in [5.41, 5.74) is 1.01. The molecule has 0 aliphatic rings. The Bertz CT molecular complexity index is 259. The molecule has 0 saturated carbocycles. The van der Waals surface area contributed by atoms with Gasteiger partial charge in [-0.25, -0.2) is 10.1 Å². The third-order valence-electron chi connectivity index (χ3n) is 1.50. The zero-order valence-corrected chi connectivity index (χ0v) is 7.56. The lowest BCUT2D eigenvalue weighted by molar-refractivity contribution is 0.150. The monoisotopic (exact) mass is 178 g/mol. The fourth-order valence-electron chi connectivity index (χ4n) is 0.908. The Hall–Kier alpha value is -1.51. The summed E-state index contributed by atoms with van der Waals surface area (Å²) in [6.07, 6.45) is -0.494. The number of rotatable bonds is 3. The molecule has 69 valence electrons. The Kier molecular flexibility index (Phi) is 3.82. The van der Waals surface area contributed by atoms with E-state index in [2.05, 4.69) is 10.1 Å². The van der Waals surface area contributed by atoms with Crippen LogP contribution in [0.15, 0.2) is 30.3 Å². The smallest absolute Gasteiger partial charge is 0.429 e. The zero-order chi connectivity index (χ0) is 9.52. The number of hydrogen-bond donors (Lipinski definition) is 0. The van der Waals surface area contributed by atoms with Crippen LogP contribution < -0.4 is 5.32 Å². The second-order valence-corrected chi connectivity index (χ2v) is 2.50. The van der Waals surface area contributed by atoms with Gasteiger partial charge in [-0.1, -0.05) is 30.3 Å². The maximum atomic E-state index is 10.8. The van der Waals surface area contributed by atoms with E-state index in [9.17, 15) is 4.79 Å². The molecule has 0 bridgehead atoms. The molecule has 0 aromatic heterocycles. The Morgan fingerprint density at radius 3 is 2.69 bits per heavy atom. The van der Waals surface area contributed by atoms with Crippen molar-refractivity contribution in [3.05, 3.63) is 35.9 Å². The van der Waals surface area contributed by atoms with Crippen LogP contribution in [0.3, 0.4) is 0 Å². The summed E-state index contributed by atoms with van der Waals surface area (Å²) >= 11 is 0. The summed E-state index contributed by atoms with van der Waals surface area (Å²) in [7, 11) is 0. The molecular weight excluding hydrogens is 166 g/mol. The summed E-state index contributed by atoms with van der Waals surface area (Å²) in [6, 6.07) is 9.59. The molecule has 1 amide bonds. The van der Waals surface area contributed by atoms with E-state index in [-0.39, 0.29) is 0 Å². The predicted octanol–water partition coefficient (Wildman–Crippen LogP) is 1.95. The summed E-state index contributed by atoms with van der Waals surface area (Å²) in [5.74, 6) is 0. The van der Waals surface area contributed by atoms with Gasteiger partial charge >= 0.3 is 6.09 Å². The molecule has 1 rings (SSSR count). The molecule has 0 saturated heterocycles. The molecule has 1 radical (unpaired) electrons. The SMILES string of the molecule is CCOC(=O)[N]Cc1ccccc1. The van der Waals surface area contributed by atoms with Gasteiger partial charge in [-0.3, -0.25) is 0 Å². The molecule has 13 heavy (non-hydrogen) atoms. The molecule has 0 heterocycles. The van der Waals surface area contributed by atoms with Gasteiger partial charge in [0, 0.05) is 0 Å². The molecule has 1 aromatic carbocycles. The molecule has 3 heteroatoms. The highest BCUT2D eigenvalue weighted by Crippen LogP contribution is 1.98. The summed E-state index contributed by atoms with van der Waals surface area (Å²) in [5, 5.41) is 3.72. The van der Waals surface area contributed by atoms with Gasteiger partial charge in [0.25, 0.3) is 0 Å². The highest BCUT2D eigenvalue weighted by Gasteiger charge is 2.01. The molecule has 0 fully saturated rings. The fourth-order valence-corrected chi connectivity index (χ4v) is 0.908. The molecule has 0 spiro atoms. The number of hydrogen-bond acceptors (Lipinski definition) is 2. The van der Waals surface area contributed by atoms with E-state index in [4.69, 9.17) is 0 Å². The van der Waals surface area contributed by atoms with Crippen molar-refractivity contribution in [2.75, 3.05) is 6.61 Å². The number of ether oxygens (including phenoxy) is 1. The van der Waals surface area contributed by atoms with Crippen LogP contribution in [0.2, 0.25) is 0 Å². The lowest BCUT2D eigenvalue weighted by Gasteiger charge is -2.01. The van der Waals surface area contributed by atoms with Crippen molar-refractivity contribution in [1.29, 1.82) is 0 Å². The Balaban J connectivity index is 2.31. The summed E-state index contributed by atoms with van der Waals surface area (Å²) < 4.78 is 4.66. The van der Waals surface area contributed by atoms with E-state index < -0.39 is 6.09 Å². The van der Waals surface area contributed by atoms with E-state index in [0.717, 1.165) is 5.56 Å². The van der Waals surface area contributed by atoms with Crippen molar-refractivity contribution in [2.24, 2.45) is 0 Å². The van der Waals surface area contributed by atoms with Crippen molar-refractivity contribution in [3.8, 4) is 0 Å². The lowest BCUT2D eigenvalue weighted by Crippen LogP contribution is -2.16. The van der Waals surface area contributed by atoms with E-state index >= 15 is 0 Å². The van der Waals surface area contributed by atoms with Crippen molar-refractivity contribution in [3.63, 3.8) is 0 Å². The van der Waals surface area contributed by atoms with Crippen LogP contribution in [0.5, 0.6) is 0 Å². The Morgan fingerprint density at radius 2 is 2.08 bits per heavy atom. The van der Waals surface area contributed by atoms with Crippen molar-refractivity contribution in [2.45, 2.75) is 13.5 Å². The molecule has 0 atom stereocenters. The standard InChI is InChI=1S/C10H12NO2/c1-2-13-10(12)11-8-9-6-4-3-5-7-9/h3-7H,2,8H2,1H3. The largest absolute Gasteiger partial charge is 0.448 e. The highest BCUT2D eigenvalue weighted by atomic mass is 16.5. The van der Waals surface area contributed by atoms with Crippen LogP contribution in [-0.2, 0) is 11.3 Å². The van der Waals surface area contributed by atoms with E-state index in [0.29, 0.717) is 13.2 Å². The molecule has 1 aromatic rings. The quantitative estimate of drug-likeness (QED) is 0.709. The first-order valence-corrected chi connectivity index (χ1v) is 4.21. The fraction of sp³-hybridized carbons (Fsp3) is 0.300. The first-order valence-electron chi connectivity index (χ1n) is 4.21. The van der Waals surface area contributed by atoms with Crippen LogP contribution in [0.4, 0.5) is 4.79 Å². The van der Waals surface area contributed by atoms with Crippen LogP contribution in [-0.4, -0.2) is 12.7 Å². The van der Waals surface area contributed by atoms with Gasteiger partial charge in [0.15, 0.2) is 0 Å². The first kappa shape index (κ1) is 9.58. The molecule has 0 aliphatic carbocycles. The van der Waals surface area contributed by atoms with Crippen molar-refractivity contribution in [1.82, 2.24) is 5.32 Å². The molecule has 0 aliphatic heterocycles. The highest BCUT2D eigenvalue weighted by molar-refractivity contribution is 5.66. The van der Waals surface area contributed by atoms with Crippen LogP contribution in [0, 0.1) is 0 Å². The van der Waals surface area contributed by atoms with E-state index in [1.54, 1.807) is 6.92 Å². The second-order valence-electron chi connectivity index (χ2n) is 2.50. The Labute approximate surface area is 77.7 Å². The van der Waals surface area contributed by atoms with Crippen LogP contribution >= 0.6 is 0 Å². The maximum Gasteiger partial charge on any atom is 0.429 e. The zero-order valence-electron chi connectivity index (χ0n) is 7.56. The molecule has 0 N–H and O–H groups in total. The minimum atomic E-state index is -0.494. The maximum absolute atomic E-state index is 10.8. The van der Waals surface area contributed by atoms with E-state index in [1.807, 2.05) is 30.3 Å². The number of carbonyl (C=O) groups is 1. The topological polar surface area (TPSA) is 40.4 Å². The number of carbonyl (C=O) groups excluding carboxylic acids is 1. The average Bonchev–Trinajstić information content (AvgIpc) is 2.17. The van der Waals surface area contributed by atoms with Gasteiger partial charge in [0.05, 0.1) is 13.2 Å². The van der Waals surface area contributed by atoms with Gasteiger partial charge in [0.2, 0.25) is 0 Å². The van der Waals surface area contributed by atoms with Gasteiger partial charge in [0.1, 0.15) is 0 Å². The molecular formula is C10H12NO2. The summed E-state index contributed by atoms with van der Waals surface area (Å²) in [6.45, 7) is 2.52. The van der Waals surface area contributed by atoms with Gasteiger partial charge in [-0.05, 0) is 12.5 Å². The van der Waals surface area contributed by atoms with E-state index in [1.165, 1.54) is 0 Å². The average molecular weight is 178 g/mol. The van der Waals surface area contributed by atoms with Gasteiger partial charge < -0.3 is 4.74 Å². The van der Waals surface area contributed by atoms with Crippen molar-refractivity contribution < 1.29 is 9.53 Å². The third kappa shape index (κ3) is 3.60. The lowest BCUT2D eigenvalue weighted by atomic mass is 10.2. The minimum absolute atomic E-state index is 0.372. The first-order chi connectivity index (χ1) is 6.33. The molecule has 3 nitrogen and oxygen atoms in total. The van der Waals surface area contributed by atoms with Crippen LogP contribution in [0.25, 0.3) is 0 Å². The number of amides is 1. The van der Waals surface area contributed by atoms with Crippen LogP contribution in [0.1, 0.15) is 12.5 Å². The molecule has 0 unspecified atom stereocenters. The third-order valence-corrected chi connectivity index (χ3v) is 1.50. The normalized spacial score (nSPS) is 9.31. The minimum Gasteiger partial charge on any atom is -0.448 e. The van der Waals surface area contributed by atoms with Gasteiger partial charge in [-0.15, -0.1) is 0 Å². The Morgan fingerprint density at radius 1 is 1.38 bits per heavy atom. The number of nitrogens with zero attached hydrogens (tertiary/aromatic N) is 1. The van der Waals surface area contributed by atoms with Gasteiger partial charge in [-0.2, -0.15) is 0 Å².